The number of fused-ring (bicyclic) bond motifs is 1. The number of hydrogen-bond acceptors (Lipinski definition) is 5. The highest BCUT2D eigenvalue weighted by Gasteiger charge is 2.34. The van der Waals surface area contributed by atoms with Gasteiger partial charge in [-0.05, 0) is 70.9 Å². The number of nitrogens with one attached hydrogen (secondary N) is 2. The van der Waals surface area contributed by atoms with Gasteiger partial charge in [0.05, 0.1) is 27.2 Å². The first-order valence-electron chi connectivity index (χ1n) is 12.6. The van der Waals surface area contributed by atoms with Crippen LogP contribution in [0, 0.1) is 11.9 Å². The number of rotatable bonds is 6. The third-order valence-corrected chi connectivity index (χ3v) is 7.39. The Labute approximate surface area is 234 Å². The molecular formula is C29H20ClF4N5O2. The summed E-state index contributed by atoms with van der Waals surface area (Å²) in [7, 11) is 0. The molecule has 1 saturated carbocycles. The molecule has 3 aromatic heterocycles. The molecule has 208 valence electrons. The van der Waals surface area contributed by atoms with Crippen LogP contribution in [-0.4, -0.2) is 25.3 Å². The van der Waals surface area contributed by atoms with Gasteiger partial charge in [-0.15, -0.1) is 5.10 Å². The summed E-state index contributed by atoms with van der Waals surface area (Å²) in [5.74, 6) is -1.09. The summed E-state index contributed by atoms with van der Waals surface area (Å²) in [6.07, 6.45) is 2.06. The lowest BCUT2D eigenvalue weighted by atomic mass is 9.74. The van der Waals surface area contributed by atoms with Crippen LogP contribution in [0.5, 0.6) is 0 Å². The van der Waals surface area contributed by atoms with Gasteiger partial charge in [-0.3, -0.25) is 19.6 Å². The lowest BCUT2D eigenvalue weighted by Gasteiger charge is -2.31. The van der Waals surface area contributed by atoms with Crippen LogP contribution in [0.15, 0.2) is 64.0 Å². The average molecular weight is 582 g/mol. The maximum atomic E-state index is 14.5. The van der Waals surface area contributed by atoms with E-state index < -0.39 is 23.4 Å². The van der Waals surface area contributed by atoms with E-state index in [2.05, 4.69) is 29.8 Å². The summed E-state index contributed by atoms with van der Waals surface area (Å²) in [6, 6.07) is 13.4. The molecule has 0 atom stereocenters. The molecule has 1 fully saturated rings. The smallest absolute Gasteiger partial charge is 0.296 e. The zero-order valence-corrected chi connectivity index (χ0v) is 21.9. The van der Waals surface area contributed by atoms with Gasteiger partial charge in [0.1, 0.15) is 0 Å². The van der Waals surface area contributed by atoms with E-state index in [1.165, 1.54) is 0 Å². The Morgan fingerprint density at radius 3 is 2.44 bits per heavy atom. The number of nitrogens with zero attached hydrogens (tertiary/aromatic N) is 3. The van der Waals surface area contributed by atoms with E-state index in [9.17, 15) is 22.4 Å². The number of H-pyrrole nitrogens is 2. The van der Waals surface area contributed by atoms with Gasteiger partial charge in [0, 0.05) is 6.20 Å². The van der Waals surface area contributed by atoms with Gasteiger partial charge in [0.2, 0.25) is 5.95 Å². The first-order chi connectivity index (χ1) is 19.7. The second-order valence-electron chi connectivity index (χ2n) is 9.68. The van der Waals surface area contributed by atoms with Crippen molar-refractivity contribution in [2.75, 3.05) is 0 Å². The van der Waals surface area contributed by atoms with Crippen LogP contribution in [0.1, 0.15) is 53.0 Å². The molecule has 12 heteroatoms. The highest BCUT2D eigenvalue weighted by molar-refractivity contribution is 6.32. The number of aromatic nitrogens is 5. The Hall–Kier alpha value is -4.51. The molecule has 5 aromatic rings. The Balaban J connectivity index is 1.53. The van der Waals surface area contributed by atoms with Crippen LogP contribution in [0.2, 0.25) is 5.02 Å². The topological polar surface area (TPSA) is 100 Å². The van der Waals surface area contributed by atoms with E-state index >= 15 is 0 Å². The van der Waals surface area contributed by atoms with Crippen molar-refractivity contribution in [3.63, 3.8) is 0 Å². The van der Waals surface area contributed by atoms with Crippen molar-refractivity contribution in [1.82, 2.24) is 25.3 Å². The molecule has 1 aliphatic carbocycles. The van der Waals surface area contributed by atoms with Gasteiger partial charge in [0.15, 0.2) is 5.82 Å². The molecule has 0 saturated heterocycles. The minimum atomic E-state index is -4.59. The summed E-state index contributed by atoms with van der Waals surface area (Å²) >= 11 is 6.48. The third kappa shape index (κ3) is 5.32. The number of hydrogen-bond donors (Lipinski definition) is 2. The molecule has 0 radical (unpaired) electrons. The van der Waals surface area contributed by atoms with E-state index in [1.54, 1.807) is 30.4 Å². The van der Waals surface area contributed by atoms with E-state index in [4.69, 9.17) is 11.6 Å². The predicted molar refractivity (Wildman–Crippen MR) is 146 cm³/mol. The fourth-order valence-electron chi connectivity index (χ4n) is 4.87. The van der Waals surface area contributed by atoms with E-state index in [1.807, 2.05) is 24.3 Å². The Kier molecular flexibility index (Phi) is 6.82. The molecule has 3 heterocycles. The van der Waals surface area contributed by atoms with Gasteiger partial charge in [-0.1, -0.05) is 59.6 Å². The van der Waals surface area contributed by atoms with Gasteiger partial charge >= 0.3 is 11.9 Å². The first kappa shape index (κ1) is 26.7. The Morgan fingerprint density at radius 2 is 1.80 bits per heavy atom. The van der Waals surface area contributed by atoms with Crippen molar-refractivity contribution in [1.29, 1.82) is 0 Å². The highest BCUT2D eigenvalue weighted by atomic mass is 35.5. The zero-order valence-electron chi connectivity index (χ0n) is 21.1. The Morgan fingerprint density at radius 1 is 1.05 bits per heavy atom. The standard InChI is InChI=1S/C29H20ClF4N5O2/c30-21-13-19(29(32,33)34)14-35-26(21)25(16-2-1-3-16)24(18-9-10-22-20(12-18)27(31)38-37-22)17-7-4-15(5-8-17)6-11-23-36-28(40)41-39-23/h4-14,16H,1-3H2,(H,37,38)(H,36,39,40)/b11-6?,25-24-. The van der Waals surface area contributed by atoms with Crippen molar-refractivity contribution in [3.05, 3.63) is 110 Å². The average Bonchev–Trinajstić information content (AvgIpc) is 3.51. The number of benzene rings is 2. The van der Waals surface area contributed by atoms with Crippen molar-refractivity contribution in [3.8, 4) is 0 Å². The molecule has 7 nitrogen and oxygen atoms in total. The minimum Gasteiger partial charge on any atom is -0.296 e. The SMILES string of the molecule is O=c1[nH]c(C=Cc2ccc(/C(=C(/c3ncc(C(F)(F)F)cc3Cl)C3CCC3)c3ccc4[nH]nc(F)c4c3)cc2)no1. The summed E-state index contributed by atoms with van der Waals surface area (Å²) in [4.78, 5) is 17.8. The van der Waals surface area contributed by atoms with E-state index in [0.717, 1.165) is 42.7 Å². The molecule has 1 aliphatic rings. The van der Waals surface area contributed by atoms with Crippen LogP contribution >= 0.6 is 11.6 Å². The minimum absolute atomic E-state index is 0.0137. The second kappa shape index (κ2) is 10.5. The largest absolute Gasteiger partial charge is 0.439 e. The van der Waals surface area contributed by atoms with Crippen molar-refractivity contribution in [2.24, 2.45) is 5.92 Å². The normalized spacial score (nSPS) is 15.0. The van der Waals surface area contributed by atoms with Crippen LogP contribution in [0.3, 0.4) is 0 Å². The molecule has 0 unspecified atom stereocenters. The number of alkyl halides is 3. The van der Waals surface area contributed by atoms with E-state index in [-0.39, 0.29) is 27.8 Å². The molecule has 2 aromatic carbocycles. The third-order valence-electron chi connectivity index (χ3n) is 7.10. The van der Waals surface area contributed by atoms with Crippen LogP contribution < -0.4 is 5.76 Å². The molecule has 6 rings (SSSR count). The van der Waals surface area contributed by atoms with Gasteiger partial charge in [-0.2, -0.15) is 17.6 Å². The fourth-order valence-corrected chi connectivity index (χ4v) is 5.14. The molecule has 0 amide bonds. The maximum Gasteiger partial charge on any atom is 0.439 e. The van der Waals surface area contributed by atoms with Gasteiger partial charge in [-0.25, -0.2) is 4.79 Å². The zero-order chi connectivity index (χ0) is 28.7. The first-order valence-corrected chi connectivity index (χ1v) is 13.0. The molecule has 0 bridgehead atoms. The van der Waals surface area contributed by atoms with Crippen molar-refractivity contribution >= 4 is 45.8 Å². The Bertz CT molecular complexity index is 1860. The summed E-state index contributed by atoms with van der Waals surface area (Å²) in [5.41, 5.74) is 3.36. The van der Waals surface area contributed by atoms with Crippen LogP contribution in [0.25, 0.3) is 34.2 Å². The van der Waals surface area contributed by atoms with E-state index in [0.29, 0.717) is 22.2 Å². The summed E-state index contributed by atoms with van der Waals surface area (Å²) in [6.45, 7) is 0. The van der Waals surface area contributed by atoms with Gasteiger partial charge in [0.25, 0.3) is 0 Å². The molecule has 0 spiro atoms. The molecule has 2 N–H and O–H groups in total. The molecular weight excluding hydrogens is 562 g/mol. The number of allylic oxidation sites excluding steroid dienone is 1. The second-order valence-corrected chi connectivity index (χ2v) is 10.1. The van der Waals surface area contributed by atoms with Crippen molar-refractivity contribution < 1.29 is 22.1 Å². The fraction of sp³-hybridized carbons (Fsp3) is 0.172. The number of halogens is 5. The van der Waals surface area contributed by atoms with Crippen LogP contribution in [-0.2, 0) is 6.18 Å². The maximum absolute atomic E-state index is 14.5. The number of aromatic amines is 2. The number of pyridine rings is 1. The summed E-state index contributed by atoms with van der Waals surface area (Å²) < 4.78 is 59.2. The lowest BCUT2D eigenvalue weighted by molar-refractivity contribution is -0.137. The van der Waals surface area contributed by atoms with Crippen molar-refractivity contribution in [2.45, 2.75) is 25.4 Å². The summed E-state index contributed by atoms with van der Waals surface area (Å²) in [5, 5.41) is 10.1. The van der Waals surface area contributed by atoms with Gasteiger partial charge < -0.3 is 0 Å². The lowest BCUT2D eigenvalue weighted by Crippen LogP contribution is -2.17. The quantitative estimate of drug-likeness (QED) is 0.204. The monoisotopic (exact) mass is 581 g/mol. The molecule has 0 aliphatic heterocycles. The molecule has 41 heavy (non-hydrogen) atoms. The van der Waals surface area contributed by atoms with Crippen LogP contribution in [0.4, 0.5) is 17.6 Å². The predicted octanol–water partition coefficient (Wildman–Crippen LogP) is 7.38. The highest BCUT2D eigenvalue weighted by Crippen LogP contribution is 2.47.